The van der Waals surface area contributed by atoms with Crippen LogP contribution in [0, 0.1) is 0 Å². The van der Waals surface area contributed by atoms with Crippen molar-refractivity contribution in [2.45, 2.75) is 44.4 Å². The lowest BCUT2D eigenvalue weighted by Crippen LogP contribution is -1.99. The number of hydrogen-bond donors (Lipinski definition) is 1. The van der Waals surface area contributed by atoms with Crippen LogP contribution < -0.4 is 0 Å². The van der Waals surface area contributed by atoms with Gasteiger partial charge >= 0.3 is 0 Å². The van der Waals surface area contributed by atoms with Gasteiger partial charge in [-0.15, -0.1) is 0 Å². The Morgan fingerprint density at radius 2 is 1.90 bits per heavy atom. The van der Waals surface area contributed by atoms with Gasteiger partial charge in [-0.3, -0.25) is 0 Å². The monoisotopic (exact) mass is 292 g/mol. The zero-order valence-electron chi connectivity index (χ0n) is 11.2. The summed E-state index contributed by atoms with van der Waals surface area (Å²) >= 11 is 5.82. The normalized spacial score (nSPS) is 17.1. The summed E-state index contributed by atoms with van der Waals surface area (Å²) in [6.45, 7) is 0. The molecule has 1 N–H and O–H groups in total. The fourth-order valence-corrected chi connectivity index (χ4v) is 2.90. The number of rotatable bonds is 2. The number of phenolic OH excluding ortho intramolecular Hbond substituents is 1. The van der Waals surface area contributed by atoms with Gasteiger partial charge < -0.3 is 9.63 Å². The van der Waals surface area contributed by atoms with Crippen molar-refractivity contribution < 1.29 is 9.63 Å². The number of nitrogens with zero attached hydrogens (tertiary/aromatic N) is 2. The molecule has 0 atom stereocenters. The minimum atomic E-state index is 0.0635. The largest absolute Gasteiger partial charge is 0.507 e. The summed E-state index contributed by atoms with van der Waals surface area (Å²) in [7, 11) is 0. The summed E-state index contributed by atoms with van der Waals surface area (Å²) in [6, 6.07) is 4.88. The molecule has 3 rings (SSSR count). The van der Waals surface area contributed by atoms with E-state index < -0.39 is 0 Å². The summed E-state index contributed by atoms with van der Waals surface area (Å²) < 4.78 is 5.30. The number of benzene rings is 1. The van der Waals surface area contributed by atoms with E-state index in [2.05, 4.69) is 10.1 Å². The van der Waals surface area contributed by atoms with Crippen molar-refractivity contribution in [3.63, 3.8) is 0 Å². The van der Waals surface area contributed by atoms with Gasteiger partial charge in [0.2, 0.25) is 0 Å². The summed E-state index contributed by atoms with van der Waals surface area (Å²) in [5.41, 5.74) is 0.529. The van der Waals surface area contributed by atoms with Gasteiger partial charge in [0.25, 0.3) is 5.89 Å². The molecule has 0 bridgehead atoms. The third-order valence-electron chi connectivity index (χ3n) is 3.85. The van der Waals surface area contributed by atoms with Crippen LogP contribution in [0.5, 0.6) is 5.75 Å². The van der Waals surface area contributed by atoms with Crippen LogP contribution in [-0.2, 0) is 0 Å². The fourth-order valence-electron chi connectivity index (χ4n) is 2.73. The Morgan fingerprint density at radius 1 is 1.15 bits per heavy atom. The standard InChI is InChI=1S/C15H17ClN2O2/c16-11-7-8-12(13(19)9-11)15-17-14(18-20-15)10-5-3-1-2-4-6-10/h7-10,19H,1-6H2. The average Bonchev–Trinajstić information content (AvgIpc) is 2.74. The van der Waals surface area contributed by atoms with Gasteiger partial charge in [-0.25, -0.2) is 0 Å². The van der Waals surface area contributed by atoms with Crippen molar-refractivity contribution in [1.82, 2.24) is 10.1 Å². The van der Waals surface area contributed by atoms with E-state index in [0.717, 1.165) is 18.7 Å². The van der Waals surface area contributed by atoms with Gasteiger partial charge in [0, 0.05) is 10.9 Å². The Balaban J connectivity index is 1.85. The molecule has 1 heterocycles. The van der Waals surface area contributed by atoms with Crippen LogP contribution in [0.4, 0.5) is 0 Å². The van der Waals surface area contributed by atoms with Crippen molar-refractivity contribution in [2.24, 2.45) is 0 Å². The summed E-state index contributed by atoms with van der Waals surface area (Å²) in [6.07, 6.45) is 7.26. The molecule has 2 aromatic rings. The Morgan fingerprint density at radius 3 is 2.60 bits per heavy atom. The van der Waals surface area contributed by atoms with Gasteiger partial charge in [-0.05, 0) is 31.0 Å². The van der Waals surface area contributed by atoms with Gasteiger partial charge in [-0.1, -0.05) is 42.4 Å². The maximum atomic E-state index is 9.90. The van der Waals surface area contributed by atoms with E-state index in [1.807, 2.05) is 0 Å². The Hall–Kier alpha value is -1.55. The number of phenols is 1. The Labute approximate surface area is 122 Å². The molecule has 5 heteroatoms. The highest BCUT2D eigenvalue weighted by Gasteiger charge is 2.21. The van der Waals surface area contributed by atoms with Crippen molar-refractivity contribution in [3.05, 3.63) is 29.0 Å². The lowest BCUT2D eigenvalue weighted by Gasteiger charge is -2.07. The predicted octanol–water partition coefficient (Wildman–Crippen LogP) is 4.53. The first-order valence-corrected chi connectivity index (χ1v) is 7.44. The number of halogens is 1. The van der Waals surface area contributed by atoms with Crippen molar-refractivity contribution in [1.29, 1.82) is 0 Å². The van der Waals surface area contributed by atoms with Gasteiger partial charge in [-0.2, -0.15) is 4.98 Å². The van der Waals surface area contributed by atoms with Crippen molar-refractivity contribution in [3.8, 4) is 17.2 Å². The predicted molar refractivity (Wildman–Crippen MR) is 76.9 cm³/mol. The SMILES string of the molecule is Oc1cc(Cl)ccc1-c1nc(C2CCCCCC2)no1. The number of aromatic hydroxyl groups is 1. The highest BCUT2D eigenvalue weighted by molar-refractivity contribution is 6.30. The lowest BCUT2D eigenvalue weighted by atomic mass is 10.00. The zero-order valence-corrected chi connectivity index (χ0v) is 11.9. The highest BCUT2D eigenvalue weighted by Crippen LogP contribution is 2.34. The summed E-state index contributed by atoms with van der Waals surface area (Å²) in [5, 5.41) is 14.5. The first-order chi connectivity index (χ1) is 9.74. The Kier molecular flexibility index (Phi) is 3.92. The molecule has 1 saturated carbocycles. The van der Waals surface area contributed by atoms with E-state index in [1.165, 1.54) is 31.7 Å². The molecule has 4 nitrogen and oxygen atoms in total. The Bertz CT molecular complexity index is 589. The first kappa shape index (κ1) is 13.4. The fraction of sp³-hybridized carbons (Fsp3) is 0.467. The average molecular weight is 293 g/mol. The van der Waals surface area contributed by atoms with Crippen molar-refractivity contribution in [2.75, 3.05) is 0 Å². The molecule has 0 spiro atoms. The van der Waals surface area contributed by atoms with E-state index >= 15 is 0 Å². The molecular formula is C15H17ClN2O2. The summed E-state index contributed by atoms with van der Waals surface area (Å²) in [4.78, 5) is 4.46. The van der Waals surface area contributed by atoms with Gasteiger partial charge in [0.1, 0.15) is 5.75 Å². The van der Waals surface area contributed by atoms with E-state index in [4.69, 9.17) is 16.1 Å². The maximum absolute atomic E-state index is 9.90. The van der Waals surface area contributed by atoms with Gasteiger partial charge in [0.15, 0.2) is 5.82 Å². The molecule has 0 saturated heterocycles. The van der Waals surface area contributed by atoms with E-state index in [1.54, 1.807) is 12.1 Å². The summed E-state index contributed by atoms with van der Waals surface area (Å²) in [5.74, 6) is 1.56. The molecular weight excluding hydrogens is 276 g/mol. The third kappa shape index (κ3) is 2.80. The topological polar surface area (TPSA) is 59.2 Å². The molecule has 1 fully saturated rings. The van der Waals surface area contributed by atoms with Crippen LogP contribution in [0.2, 0.25) is 5.02 Å². The number of aromatic nitrogens is 2. The molecule has 0 aliphatic heterocycles. The van der Waals surface area contributed by atoms with Crippen LogP contribution in [-0.4, -0.2) is 15.2 Å². The van der Waals surface area contributed by atoms with Crippen LogP contribution in [0.3, 0.4) is 0 Å². The van der Waals surface area contributed by atoms with E-state index in [0.29, 0.717) is 22.4 Å². The van der Waals surface area contributed by atoms with E-state index in [9.17, 15) is 5.11 Å². The minimum absolute atomic E-state index is 0.0635. The van der Waals surface area contributed by atoms with Gasteiger partial charge in [0.05, 0.1) is 5.56 Å². The molecule has 0 unspecified atom stereocenters. The smallest absolute Gasteiger partial charge is 0.261 e. The molecule has 0 amide bonds. The second-order valence-electron chi connectivity index (χ2n) is 5.31. The molecule has 1 aliphatic carbocycles. The van der Waals surface area contributed by atoms with Crippen LogP contribution in [0.25, 0.3) is 11.5 Å². The third-order valence-corrected chi connectivity index (χ3v) is 4.09. The highest BCUT2D eigenvalue weighted by atomic mass is 35.5. The zero-order chi connectivity index (χ0) is 13.9. The minimum Gasteiger partial charge on any atom is -0.507 e. The second-order valence-corrected chi connectivity index (χ2v) is 5.74. The van der Waals surface area contributed by atoms with Crippen LogP contribution in [0.1, 0.15) is 50.3 Å². The van der Waals surface area contributed by atoms with Crippen LogP contribution in [0.15, 0.2) is 22.7 Å². The van der Waals surface area contributed by atoms with E-state index in [-0.39, 0.29) is 5.75 Å². The molecule has 1 aromatic heterocycles. The molecule has 20 heavy (non-hydrogen) atoms. The van der Waals surface area contributed by atoms with Crippen molar-refractivity contribution >= 4 is 11.6 Å². The molecule has 1 aromatic carbocycles. The lowest BCUT2D eigenvalue weighted by molar-refractivity contribution is 0.406. The second kappa shape index (κ2) is 5.83. The molecule has 106 valence electrons. The quantitative estimate of drug-likeness (QED) is 0.826. The van der Waals surface area contributed by atoms with Crippen LogP contribution >= 0.6 is 11.6 Å². The molecule has 1 aliphatic rings. The molecule has 0 radical (unpaired) electrons. The maximum Gasteiger partial charge on any atom is 0.261 e. The first-order valence-electron chi connectivity index (χ1n) is 7.06. The number of hydrogen-bond acceptors (Lipinski definition) is 4.